The van der Waals surface area contributed by atoms with E-state index in [9.17, 15) is 0 Å². The van der Waals surface area contributed by atoms with Gasteiger partial charge in [0.1, 0.15) is 0 Å². The first-order chi connectivity index (χ1) is 8.25. The van der Waals surface area contributed by atoms with Gasteiger partial charge in [-0.1, -0.05) is 12.5 Å². The van der Waals surface area contributed by atoms with Crippen LogP contribution in [0.15, 0.2) is 23.1 Å². The highest BCUT2D eigenvalue weighted by Gasteiger charge is 2.12. The van der Waals surface area contributed by atoms with Gasteiger partial charge in [-0.3, -0.25) is 0 Å². The number of piperidine rings is 1. The lowest BCUT2D eigenvalue weighted by Crippen LogP contribution is -2.34. The number of thioether (sulfide) groups is 1. The molecule has 0 amide bonds. The van der Waals surface area contributed by atoms with Crippen molar-refractivity contribution in [3.63, 3.8) is 0 Å². The van der Waals surface area contributed by atoms with E-state index in [1.807, 2.05) is 17.8 Å². The molecule has 2 rings (SSSR count). The van der Waals surface area contributed by atoms with Gasteiger partial charge in [0.05, 0.1) is 0 Å². The van der Waals surface area contributed by atoms with Crippen molar-refractivity contribution in [1.82, 2.24) is 5.32 Å². The van der Waals surface area contributed by atoms with Crippen LogP contribution in [0.3, 0.4) is 0 Å². The monoisotopic (exact) mass is 250 g/mol. The molecule has 3 N–H and O–H groups in total. The predicted molar refractivity (Wildman–Crippen MR) is 76.6 cm³/mol. The van der Waals surface area contributed by atoms with E-state index >= 15 is 0 Å². The number of nitrogens with two attached hydrogens (primary N) is 1. The second-order valence-corrected chi connectivity index (χ2v) is 5.95. The molecule has 94 valence electrons. The zero-order valence-electron chi connectivity index (χ0n) is 10.5. The lowest BCUT2D eigenvalue weighted by Gasteiger charge is -2.23. The standard InChI is InChI=1S/C14H22N2S/c1-11-5-6-12(15)10-14(11)17-9-7-13-4-2-3-8-16-13/h5-6,10,13,16H,2-4,7-9,15H2,1H3. The van der Waals surface area contributed by atoms with Crippen LogP contribution in [0.1, 0.15) is 31.2 Å². The van der Waals surface area contributed by atoms with Crippen molar-refractivity contribution in [2.75, 3.05) is 18.0 Å². The zero-order chi connectivity index (χ0) is 12.1. The molecule has 1 aromatic rings. The van der Waals surface area contributed by atoms with E-state index in [4.69, 9.17) is 5.73 Å². The number of nitrogens with one attached hydrogen (secondary N) is 1. The number of aryl methyl sites for hydroxylation is 1. The molecule has 0 radical (unpaired) electrons. The lowest BCUT2D eigenvalue weighted by molar-refractivity contribution is 0.395. The van der Waals surface area contributed by atoms with Gasteiger partial charge < -0.3 is 11.1 Å². The van der Waals surface area contributed by atoms with Crippen molar-refractivity contribution >= 4 is 17.4 Å². The summed E-state index contributed by atoms with van der Waals surface area (Å²) in [6.07, 6.45) is 5.34. The van der Waals surface area contributed by atoms with Gasteiger partial charge in [-0.25, -0.2) is 0 Å². The van der Waals surface area contributed by atoms with Crippen LogP contribution in [0.25, 0.3) is 0 Å². The van der Waals surface area contributed by atoms with Crippen LogP contribution in [0.4, 0.5) is 5.69 Å². The summed E-state index contributed by atoms with van der Waals surface area (Å²) in [5.41, 5.74) is 8.02. The molecule has 2 nitrogen and oxygen atoms in total. The summed E-state index contributed by atoms with van der Waals surface area (Å²) < 4.78 is 0. The minimum absolute atomic E-state index is 0.734. The van der Waals surface area contributed by atoms with Gasteiger partial charge in [0, 0.05) is 16.6 Å². The highest BCUT2D eigenvalue weighted by Crippen LogP contribution is 2.26. The summed E-state index contributed by atoms with van der Waals surface area (Å²) in [6.45, 7) is 3.35. The SMILES string of the molecule is Cc1ccc(N)cc1SCCC1CCCCN1. The largest absolute Gasteiger partial charge is 0.399 e. The van der Waals surface area contributed by atoms with Crippen LogP contribution >= 0.6 is 11.8 Å². The maximum Gasteiger partial charge on any atom is 0.0325 e. The lowest BCUT2D eigenvalue weighted by atomic mass is 10.0. The zero-order valence-corrected chi connectivity index (χ0v) is 11.4. The van der Waals surface area contributed by atoms with Crippen LogP contribution in [-0.2, 0) is 0 Å². The fraction of sp³-hybridized carbons (Fsp3) is 0.571. The first-order valence-corrected chi connectivity index (χ1v) is 7.46. The molecule has 1 aromatic carbocycles. The van der Waals surface area contributed by atoms with E-state index in [0.717, 1.165) is 11.7 Å². The summed E-state index contributed by atoms with van der Waals surface area (Å²) in [6, 6.07) is 6.91. The third-order valence-electron chi connectivity index (χ3n) is 3.35. The topological polar surface area (TPSA) is 38.0 Å². The Balaban J connectivity index is 1.79. The van der Waals surface area contributed by atoms with Crippen molar-refractivity contribution in [2.45, 2.75) is 43.5 Å². The van der Waals surface area contributed by atoms with E-state index in [-0.39, 0.29) is 0 Å². The molecule has 1 aliphatic rings. The molecule has 1 atom stereocenters. The normalized spacial score (nSPS) is 20.4. The van der Waals surface area contributed by atoms with Crippen molar-refractivity contribution in [3.8, 4) is 0 Å². The maximum absolute atomic E-state index is 5.82. The van der Waals surface area contributed by atoms with Gasteiger partial charge >= 0.3 is 0 Å². The molecular formula is C14H22N2S. The van der Waals surface area contributed by atoms with Crippen LogP contribution in [-0.4, -0.2) is 18.3 Å². The van der Waals surface area contributed by atoms with Crippen molar-refractivity contribution in [3.05, 3.63) is 23.8 Å². The number of benzene rings is 1. The van der Waals surface area contributed by atoms with Gasteiger partial charge in [-0.15, -0.1) is 11.8 Å². The second kappa shape index (κ2) is 6.31. The Kier molecular flexibility index (Phi) is 4.75. The molecule has 0 aliphatic carbocycles. The highest BCUT2D eigenvalue weighted by atomic mass is 32.2. The van der Waals surface area contributed by atoms with Gasteiger partial charge in [-0.2, -0.15) is 0 Å². The summed E-state index contributed by atoms with van der Waals surface area (Å²) in [4.78, 5) is 1.33. The summed E-state index contributed by atoms with van der Waals surface area (Å²) in [7, 11) is 0. The number of hydrogen-bond acceptors (Lipinski definition) is 3. The molecule has 1 fully saturated rings. The number of anilines is 1. The Labute approximate surface area is 108 Å². The average Bonchev–Trinajstić information content (AvgIpc) is 2.35. The third kappa shape index (κ3) is 3.93. The van der Waals surface area contributed by atoms with Crippen LogP contribution in [0, 0.1) is 6.92 Å². The Morgan fingerprint density at radius 3 is 3.06 bits per heavy atom. The number of rotatable bonds is 4. The third-order valence-corrected chi connectivity index (χ3v) is 4.54. The van der Waals surface area contributed by atoms with E-state index < -0.39 is 0 Å². The van der Waals surface area contributed by atoms with E-state index in [1.54, 1.807) is 0 Å². The minimum Gasteiger partial charge on any atom is -0.399 e. The Bertz CT molecular complexity index is 359. The van der Waals surface area contributed by atoms with Gasteiger partial charge in [0.15, 0.2) is 0 Å². The van der Waals surface area contributed by atoms with E-state index in [2.05, 4.69) is 24.4 Å². The van der Waals surface area contributed by atoms with Gasteiger partial charge in [0.2, 0.25) is 0 Å². The summed E-state index contributed by atoms with van der Waals surface area (Å²) in [5.74, 6) is 1.18. The van der Waals surface area contributed by atoms with Gasteiger partial charge in [0.25, 0.3) is 0 Å². The van der Waals surface area contributed by atoms with Crippen LogP contribution in [0.5, 0.6) is 0 Å². The highest BCUT2D eigenvalue weighted by molar-refractivity contribution is 7.99. The summed E-state index contributed by atoms with van der Waals surface area (Å²) >= 11 is 1.93. The predicted octanol–water partition coefficient (Wildman–Crippen LogP) is 3.20. The minimum atomic E-state index is 0.734. The quantitative estimate of drug-likeness (QED) is 0.636. The Morgan fingerprint density at radius 1 is 1.41 bits per heavy atom. The molecule has 0 saturated carbocycles. The second-order valence-electron chi connectivity index (χ2n) is 4.81. The number of nitrogen functional groups attached to an aromatic ring is 1. The molecule has 1 heterocycles. The van der Waals surface area contributed by atoms with Crippen molar-refractivity contribution in [2.24, 2.45) is 0 Å². The van der Waals surface area contributed by atoms with E-state index in [1.165, 1.54) is 48.4 Å². The molecule has 3 heteroatoms. The fourth-order valence-electron chi connectivity index (χ4n) is 2.25. The molecule has 1 saturated heterocycles. The maximum atomic E-state index is 5.82. The fourth-order valence-corrected chi connectivity index (χ4v) is 3.39. The molecule has 0 spiro atoms. The molecule has 0 aromatic heterocycles. The van der Waals surface area contributed by atoms with E-state index in [0.29, 0.717) is 0 Å². The van der Waals surface area contributed by atoms with Crippen molar-refractivity contribution in [1.29, 1.82) is 0 Å². The van der Waals surface area contributed by atoms with Crippen LogP contribution < -0.4 is 11.1 Å². The summed E-state index contributed by atoms with van der Waals surface area (Å²) in [5, 5.41) is 3.59. The number of hydrogen-bond donors (Lipinski definition) is 2. The first kappa shape index (κ1) is 12.8. The van der Waals surface area contributed by atoms with Crippen LogP contribution in [0.2, 0.25) is 0 Å². The molecule has 0 bridgehead atoms. The Morgan fingerprint density at radius 2 is 2.29 bits per heavy atom. The molecule has 17 heavy (non-hydrogen) atoms. The first-order valence-electron chi connectivity index (χ1n) is 6.48. The molecule has 1 unspecified atom stereocenters. The van der Waals surface area contributed by atoms with Crippen molar-refractivity contribution < 1.29 is 0 Å². The van der Waals surface area contributed by atoms with Gasteiger partial charge in [-0.05, 0) is 56.2 Å². The molecular weight excluding hydrogens is 228 g/mol. The smallest absolute Gasteiger partial charge is 0.0325 e. The molecule has 1 aliphatic heterocycles. The average molecular weight is 250 g/mol. The Hall–Kier alpha value is -0.670.